The topological polar surface area (TPSA) is 29.5 Å². The fourth-order valence-electron chi connectivity index (χ4n) is 2.55. The van der Waals surface area contributed by atoms with Crippen LogP contribution in [-0.4, -0.2) is 5.26 Å². The first kappa shape index (κ1) is 14.8. The fourth-order valence-corrected chi connectivity index (χ4v) is 2.55. The molecule has 0 saturated heterocycles. The molecular formula is C18H22O2. The second-order valence-electron chi connectivity index (χ2n) is 5.55. The second kappa shape index (κ2) is 5.78. The maximum Gasteiger partial charge on any atom is 0.143 e. The van der Waals surface area contributed by atoms with Crippen LogP contribution in [0, 0.1) is 34.6 Å². The van der Waals surface area contributed by atoms with Crippen molar-refractivity contribution in [3.63, 3.8) is 0 Å². The van der Waals surface area contributed by atoms with Crippen LogP contribution in [0.2, 0.25) is 0 Å². The lowest BCUT2D eigenvalue weighted by Crippen LogP contribution is -2.08. The highest BCUT2D eigenvalue weighted by atomic mass is 17.1. The minimum atomic E-state index is -0.436. The predicted molar refractivity (Wildman–Crippen MR) is 82.1 cm³/mol. The van der Waals surface area contributed by atoms with Crippen LogP contribution >= 0.6 is 0 Å². The van der Waals surface area contributed by atoms with Crippen molar-refractivity contribution in [3.05, 3.63) is 69.3 Å². The van der Waals surface area contributed by atoms with Crippen LogP contribution in [0.4, 0.5) is 0 Å². The molecule has 2 rings (SSSR count). The summed E-state index contributed by atoms with van der Waals surface area (Å²) in [6.07, 6.45) is -0.436. The average Bonchev–Trinajstić information content (AvgIpc) is 2.44. The van der Waals surface area contributed by atoms with Gasteiger partial charge in [0.05, 0.1) is 0 Å². The number of hydrogen-bond donors (Lipinski definition) is 1. The molecule has 2 heteroatoms. The highest BCUT2D eigenvalue weighted by Crippen LogP contribution is 2.32. The van der Waals surface area contributed by atoms with Gasteiger partial charge in [-0.05, 0) is 68.0 Å². The third kappa shape index (κ3) is 2.62. The van der Waals surface area contributed by atoms with E-state index in [0.717, 1.165) is 11.1 Å². The molecule has 0 heterocycles. The van der Waals surface area contributed by atoms with Gasteiger partial charge in [0.1, 0.15) is 6.10 Å². The molecule has 0 aliphatic rings. The molecule has 0 radical (unpaired) electrons. The van der Waals surface area contributed by atoms with Crippen LogP contribution < -0.4 is 0 Å². The summed E-state index contributed by atoms with van der Waals surface area (Å²) in [5.74, 6) is 0. The first-order valence-corrected chi connectivity index (χ1v) is 6.89. The average molecular weight is 270 g/mol. The van der Waals surface area contributed by atoms with Crippen molar-refractivity contribution in [1.29, 1.82) is 0 Å². The number of rotatable bonds is 3. The van der Waals surface area contributed by atoms with E-state index >= 15 is 0 Å². The molecule has 0 aromatic heterocycles. The lowest BCUT2D eigenvalue weighted by Gasteiger charge is -2.20. The number of benzene rings is 2. The van der Waals surface area contributed by atoms with E-state index in [9.17, 15) is 5.26 Å². The first-order valence-electron chi connectivity index (χ1n) is 6.89. The van der Waals surface area contributed by atoms with Crippen LogP contribution in [0.25, 0.3) is 0 Å². The molecule has 2 aromatic carbocycles. The van der Waals surface area contributed by atoms with Gasteiger partial charge in [-0.25, -0.2) is 4.89 Å². The van der Waals surface area contributed by atoms with Gasteiger partial charge in [0, 0.05) is 0 Å². The van der Waals surface area contributed by atoms with Crippen molar-refractivity contribution < 1.29 is 10.1 Å². The lowest BCUT2D eigenvalue weighted by atomic mass is 9.89. The van der Waals surface area contributed by atoms with Gasteiger partial charge in [0.25, 0.3) is 0 Å². The Morgan fingerprint density at radius 1 is 0.850 bits per heavy atom. The van der Waals surface area contributed by atoms with Gasteiger partial charge in [-0.1, -0.05) is 35.9 Å². The van der Waals surface area contributed by atoms with Crippen LogP contribution in [-0.2, 0) is 4.89 Å². The molecule has 20 heavy (non-hydrogen) atoms. The summed E-state index contributed by atoms with van der Waals surface area (Å²) in [5.41, 5.74) is 8.13. The van der Waals surface area contributed by atoms with E-state index in [1.54, 1.807) is 0 Å². The van der Waals surface area contributed by atoms with Gasteiger partial charge in [-0.15, -0.1) is 0 Å². The summed E-state index contributed by atoms with van der Waals surface area (Å²) < 4.78 is 0. The van der Waals surface area contributed by atoms with Crippen molar-refractivity contribution in [2.75, 3.05) is 0 Å². The van der Waals surface area contributed by atoms with Crippen molar-refractivity contribution >= 4 is 0 Å². The van der Waals surface area contributed by atoms with Gasteiger partial charge in [0.2, 0.25) is 0 Å². The lowest BCUT2D eigenvalue weighted by molar-refractivity contribution is -0.270. The summed E-state index contributed by atoms with van der Waals surface area (Å²) in [5, 5.41) is 9.38. The first-order chi connectivity index (χ1) is 9.45. The highest BCUT2D eigenvalue weighted by molar-refractivity contribution is 5.47. The minimum absolute atomic E-state index is 0.436. The molecule has 1 atom stereocenters. The van der Waals surface area contributed by atoms with Crippen molar-refractivity contribution in [3.8, 4) is 0 Å². The Balaban J connectivity index is 2.55. The van der Waals surface area contributed by atoms with E-state index in [-0.39, 0.29) is 0 Å². The molecular weight excluding hydrogens is 248 g/mol. The highest BCUT2D eigenvalue weighted by Gasteiger charge is 2.19. The minimum Gasteiger partial charge on any atom is -0.251 e. The van der Waals surface area contributed by atoms with Gasteiger partial charge in [-0.3, -0.25) is 5.26 Å². The molecule has 0 bridgehead atoms. The summed E-state index contributed by atoms with van der Waals surface area (Å²) in [6, 6.07) is 10.2. The summed E-state index contributed by atoms with van der Waals surface area (Å²) in [6.45, 7) is 10.5. The van der Waals surface area contributed by atoms with Gasteiger partial charge >= 0.3 is 0 Å². The molecule has 0 saturated carbocycles. The normalized spacial score (nSPS) is 12.5. The molecule has 1 unspecified atom stereocenters. The quantitative estimate of drug-likeness (QED) is 0.640. The molecule has 0 spiro atoms. The summed E-state index contributed by atoms with van der Waals surface area (Å²) >= 11 is 0. The zero-order valence-electron chi connectivity index (χ0n) is 12.8. The van der Waals surface area contributed by atoms with Crippen LogP contribution in [0.1, 0.15) is 45.0 Å². The second-order valence-corrected chi connectivity index (χ2v) is 5.55. The van der Waals surface area contributed by atoms with Crippen molar-refractivity contribution in [2.45, 2.75) is 40.7 Å². The monoisotopic (exact) mass is 270 g/mol. The smallest absolute Gasteiger partial charge is 0.143 e. The Morgan fingerprint density at radius 3 is 2.00 bits per heavy atom. The Kier molecular flexibility index (Phi) is 4.26. The number of aryl methyl sites for hydroxylation is 2. The Hall–Kier alpha value is -1.64. The standard InChI is InChI=1S/C18H22O2/c1-11-6-8-16(9-7-11)18(20-19)17-10-12(2)13(3)14(4)15(17)5/h6-10,18-19H,1-5H3. The van der Waals surface area contributed by atoms with Gasteiger partial charge in [0.15, 0.2) is 0 Å². The van der Waals surface area contributed by atoms with E-state index < -0.39 is 6.10 Å². The zero-order valence-corrected chi connectivity index (χ0v) is 12.8. The molecule has 106 valence electrons. The van der Waals surface area contributed by atoms with E-state index in [0.29, 0.717) is 0 Å². The number of hydrogen-bond acceptors (Lipinski definition) is 2. The molecule has 2 aromatic rings. The Morgan fingerprint density at radius 2 is 1.45 bits per heavy atom. The molecule has 1 N–H and O–H groups in total. The molecule has 2 nitrogen and oxygen atoms in total. The van der Waals surface area contributed by atoms with E-state index in [1.807, 2.05) is 31.2 Å². The van der Waals surface area contributed by atoms with Crippen LogP contribution in [0.15, 0.2) is 30.3 Å². The zero-order chi connectivity index (χ0) is 14.9. The largest absolute Gasteiger partial charge is 0.251 e. The third-order valence-corrected chi connectivity index (χ3v) is 4.29. The molecule has 0 amide bonds. The van der Waals surface area contributed by atoms with Crippen LogP contribution in [0.5, 0.6) is 0 Å². The van der Waals surface area contributed by atoms with Gasteiger partial charge in [-0.2, -0.15) is 0 Å². The van der Waals surface area contributed by atoms with Crippen LogP contribution in [0.3, 0.4) is 0 Å². The van der Waals surface area contributed by atoms with Gasteiger partial charge < -0.3 is 0 Å². The van der Waals surface area contributed by atoms with E-state index in [2.05, 4.69) is 33.8 Å². The maximum absolute atomic E-state index is 9.38. The SMILES string of the molecule is Cc1ccc(C(OO)c2cc(C)c(C)c(C)c2C)cc1. The summed E-state index contributed by atoms with van der Waals surface area (Å²) in [4.78, 5) is 4.79. The molecule has 0 aliphatic carbocycles. The molecule has 0 aliphatic heterocycles. The third-order valence-electron chi connectivity index (χ3n) is 4.29. The van der Waals surface area contributed by atoms with Crippen molar-refractivity contribution in [1.82, 2.24) is 0 Å². The fraction of sp³-hybridized carbons (Fsp3) is 0.333. The van der Waals surface area contributed by atoms with E-state index in [4.69, 9.17) is 4.89 Å². The Bertz CT molecular complexity index is 612. The van der Waals surface area contributed by atoms with Crippen molar-refractivity contribution in [2.24, 2.45) is 0 Å². The predicted octanol–water partition coefficient (Wildman–Crippen LogP) is 4.81. The maximum atomic E-state index is 9.38. The Labute approximate surface area is 121 Å². The van der Waals surface area contributed by atoms with E-state index in [1.165, 1.54) is 27.8 Å². The summed E-state index contributed by atoms with van der Waals surface area (Å²) in [7, 11) is 0. The molecule has 0 fully saturated rings.